The summed E-state index contributed by atoms with van der Waals surface area (Å²) in [6.45, 7) is 4.44. The second kappa shape index (κ2) is 10.7. The molecule has 172 valence electrons. The molecule has 0 radical (unpaired) electrons. The van der Waals surface area contributed by atoms with Crippen LogP contribution in [0, 0.1) is 0 Å². The number of nitrogens with one attached hydrogen (secondary N) is 1. The molecule has 3 aliphatic rings. The maximum absolute atomic E-state index is 12.8. The van der Waals surface area contributed by atoms with Gasteiger partial charge in [0.25, 0.3) is 5.91 Å². The fourth-order valence-electron chi connectivity index (χ4n) is 3.73. The van der Waals surface area contributed by atoms with Crippen molar-refractivity contribution in [2.45, 2.75) is 25.7 Å². The van der Waals surface area contributed by atoms with Crippen LogP contribution in [0.5, 0.6) is 11.5 Å². The molecule has 0 atom stereocenters. The molecule has 3 heterocycles. The summed E-state index contributed by atoms with van der Waals surface area (Å²) in [6, 6.07) is 5.60. The van der Waals surface area contributed by atoms with Crippen LogP contribution < -0.4 is 14.9 Å². The molecular weight excluding hydrogens is 448 g/mol. The molecule has 4 rings (SSSR count). The largest absolute Gasteiger partial charge is 0.454 e. The van der Waals surface area contributed by atoms with Crippen molar-refractivity contribution in [3.8, 4) is 11.5 Å². The van der Waals surface area contributed by atoms with Gasteiger partial charge in [-0.25, -0.2) is 5.01 Å². The summed E-state index contributed by atoms with van der Waals surface area (Å²) in [7, 11) is 2.09. The van der Waals surface area contributed by atoms with Gasteiger partial charge in [0.15, 0.2) is 11.5 Å². The average Bonchev–Trinajstić information content (AvgIpc) is 3.34. The number of unbranched alkanes of at least 4 members (excludes halogenated alkanes) is 2. The Morgan fingerprint density at radius 2 is 1.94 bits per heavy atom. The predicted molar refractivity (Wildman–Crippen MR) is 128 cm³/mol. The van der Waals surface area contributed by atoms with Crippen molar-refractivity contribution < 1.29 is 19.1 Å². The van der Waals surface area contributed by atoms with E-state index in [-0.39, 0.29) is 18.6 Å². The van der Waals surface area contributed by atoms with Gasteiger partial charge in [0, 0.05) is 39.1 Å². The second-order valence-electron chi connectivity index (χ2n) is 8.08. The van der Waals surface area contributed by atoms with E-state index in [9.17, 15) is 9.59 Å². The molecule has 0 bridgehead atoms. The fourth-order valence-corrected chi connectivity index (χ4v) is 5.04. The number of amides is 2. The lowest BCUT2D eigenvalue weighted by molar-refractivity contribution is -0.127. The van der Waals surface area contributed by atoms with Crippen LogP contribution in [-0.2, 0) is 9.59 Å². The van der Waals surface area contributed by atoms with Gasteiger partial charge in [-0.05, 0) is 43.7 Å². The number of hydrogen-bond acceptors (Lipinski definition) is 8. The summed E-state index contributed by atoms with van der Waals surface area (Å²) in [4.78, 5) is 29.4. The van der Waals surface area contributed by atoms with Crippen LogP contribution in [0.15, 0.2) is 23.1 Å². The normalized spacial score (nSPS) is 20.4. The number of likely N-dealkylation sites (N-methyl/N-ethyl adjacent to an activating group) is 1. The molecule has 2 amide bonds. The molecule has 8 nitrogen and oxygen atoms in total. The Bertz CT molecular complexity index is 915. The van der Waals surface area contributed by atoms with Crippen molar-refractivity contribution in [1.29, 1.82) is 0 Å². The van der Waals surface area contributed by atoms with Crippen LogP contribution in [0.3, 0.4) is 0 Å². The highest BCUT2D eigenvalue weighted by molar-refractivity contribution is 8.26. The van der Waals surface area contributed by atoms with Gasteiger partial charge >= 0.3 is 0 Å². The van der Waals surface area contributed by atoms with Gasteiger partial charge in [-0.3, -0.25) is 19.9 Å². The minimum atomic E-state index is -0.0644. The van der Waals surface area contributed by atoms with Gasteiger partial charge in [-0.2, -0.15) is 0 Å². The third-order valence-electron chi connectivity index (χ3n) is 5.64. The average molecular weight is 477 g/mol. The van der Waals surface area contributed by atoms with Crippen LogP contribution >= 0.6 is 24.0 Å². The lowest BCUT2D eigenvalue weighted by Gasteiger charge is -2.32. The fraction of sp³-hybridized carbons (Fsp3) is 0.500. The highest BCUT2D eigenvalue weighted by Gasteiger charge is 2.31. The number of carbonyl (C=O) groups is 2. The predicted octanol–water partition coefficient (Wildman–Crippen LogP) is 2.46. The number of thioether (sulfide) groups is 1. The molecular formula is C22H28N4O4S2. The molecule has 1 N–H and O–H groups in total. The van der Waals surface area contributed by atoms with E-state index >= 15 is 0 Å². The van der Waals surface area contributed by atoms with E-state index in [0.29, 0.717) is 33.7 Å². The van der Waals surface area contributed by atoms with Gasteiger partial charge in [0.2, 0.25) is 12.7 Å². The maximum Gasteiger partial charge on any atom is 0.266 e. The summed E-state index contributed by atoms with van der Waals surface area (Å²) in [5.41, 5.74) is 3.86. The zero-order chi connectivity index (χ0) is 22.5. The van der Waals surface area contributed by atoms with Gasteiger partial charge in [-0.1, -0.05) is 36.5 Å². The van der Waals surface area contributed by atoms with E-state index in [1.165, 1.54) is 11.8 Å². The van der Waals surface area contributed by atoms with Crippen LogP contribution in [0.25, 0.3) is 6.08 Å². The molecule has 1 aromatic rings. The lowest BCUT2D eigenvalue weighted by atomic mass is 10.1. The summed E-state index contributed by atoms with van der Waals surface area (Å²) in [5, 5.41) is 1.99. The lowest BCUT2D eigenvalue weighted by Crippen LogP contribution is -2.52. The Kier molecular flexibility index (Phi) is 7.67. The highest BCUT2D eigenvalue weighted by atomic mass is 32.2. The first-order valence-corrected chi connectivity index (χ1v) is 12.1. The van der Waals surface area contributed by atoms with Gasteiger partial charge in [0.1, 0.15) is 4.32 Å². The zero-order valence-electron chi connectivity index (χ0n) is 18.2. The number of ether oxygens (including phenoxy) is 2. The second-order valence-corrected chi connectivity index (χ2v) is 9.76. The molecule has 32 heavy (non-hydrogen) atoms. The Morgan fingerprint density at radius 1 is 1.16 bits per heavy atom. The van der Waals surface area contributed by atoms with E-state index in [1.807, 2.05) is 29.3 Å². The molecule has 3 aliphatic heterocycles. The Morgan fingerprint density at radius 3 is 2.75 bits per heavy atom. The summed E-state index contributed by atoms with van der Waals surface area (Å²) >= 11 is 6.74. The van der Waals surface area contributed by atoms with Crippen molar-refractivity contribution in [3.63, 3.8) is 0 Å². The van der Waals surface area contributed by atoms with E-state index in [2.05, 4.69) is 17.4 Å². The molecule has 0 aliphatic carbocycles. The molecule has 1 aromatic carbocycles. The van der Waals surface area contributed by atoms with Crippen molar-refractivity contribution in [3.05, 3.63) is 28.7 Å². The first-order chi connectivity index (χ1) is 15.5. The van der Waals surface area contributed by atoms with E-state index < -0.39 is 0 Å². The van der Waals surface area contributed by atoms with E-state index in [4.69, 9.17) is 21.7 Å². The van der Waals surface area contributed by atoms with Gasteiger partial charge in [-0.15, -0.1) is 0 Å². The van der Waals surface area contributed by atoms with Crippen molar-refractivity contribution in [1.82, 2.24) is 20.2 Å². The first kappa shape index (κ1) is 23.0. The van der Waals surface area contributed by atoms with Crippen molar-refractivity contribution in [2.75, 3.05) is 46.6 Å². The van der Waals surface area contributed by atoms with Crippen LogP contribution in [0.2, 0.25) is 0 Å². The Hall–Kier alpha value is -2.14. The van der Waals surface area contributed by atoms with Crippen LogP contribution in [-0.4, -0.2) is 77.5 Å². The molecule has 2 saturated heterocycles. The molecule has 10 heteroatoms. The van der Waals surface area contributed by atoms with E-state index in [0.717, 1.165) is 51.0 Å². The topological polar surface area (TPSA) is 74.4 Å². The highest BCUT2D eigenvalue weighted by Crippen LogP contribution is 2.36. The first-order valence-electron chi connectivity index (χ1n) is 10.9. The third kappa shape index (κ3) is 5.80. The van der Waals surface area contributed by atoms with Gasteiger partial charge < -0.3 is 14.4 Å². The standard InChI is InChI=1S/C22H28N4O4S2/c1-24-9-11-25(12-10-24)23-20(27)5-3-2-4-8-26-21(28)19(32-22(26)31)14-16-6-7-17-18(13-16)30-15-29-17/h6-7,13-14H,2-5,8-12,15H2,1H3,(H,23,27)/b19-14-. The minimum absolute atomic E-state index is 0.0619. The number of fused-ring (bicyclic) bond motifs is 1. The summed E-state index contributed by atoms with van der Waals surface area (Å²) in [6.07, 6.45) is 4.81. The summed E-state index contributed by atoms with van der Waals surface area (Å²) < 4.78 is 11.3. The Labute approximate surface area is 197 Å². The number of benzene rings is 1. The monoisotopic (exact) mass is 476 g/mol. The molecule has 0 saturated carbocycles. The van der Waals surface area contributed by atoms with Crippen molar-refractivity contribution >= 4 is 46.2 Å². The number of thiocarbonyl (C=S) groups is 1. The van der Waals surface area contributed by atoms with E-state index in [1.54, 1.807) is 4.90 Å². The molecule has 0 spiro atoms. The number of nitrogens with zero attached hydrogens (tertiary/aromatic N) is 3. The zero-order valence-corrected chi connectivity index (χ0v) is 19.8. The SMILES string of the molecule is CN1CCN(NC(=O)CCCCCN2C(=O)/C(=C/c3ccc4c(c3)OCO4)SC2=S)CC1. The molecule has 0 unspecified atom stereocenters. The number of rotatable bonds is 8. The number of piperazine rings is 1. The molecule has 0 aromatic heterocycles. The van der Waals surface area contributed by atoms with Gasteiger partial charge in [0.05, 0.1) is 4.91 Å². The maximum atomic E-state index is 12.8. The van der Waals surface area contributed by atoms with Crippen LogP contribution in [0.1, 0.15) is 31.2 Å². The smallest absolute Gasteiger partial charge is 0.266 e. The minimum Gasteiger partial charge on any atom is -0.454 e. The number of hydrogen-bond donors (Lipinski definition) is 1. The van der Waals surface area contributed by atoms with Crippen LogP contribution in [0.4, 0.5) is 0 Å². The number of carbonyl (C=O) groups excluding carboxylic acids is 2. The molecule has 2 fully saturated rings. The number of hydrazine groups is 1. The third-order valence-corrected chi connectivity index (χ3v) is 7.02. The van der Waals surface area contributed by atoms with Crippen molar-refractivity contribution in [2.24, 2.45) is 0 Å². The quantitative estimate of drug-likeness (QED) is 0.349. The summed E-state index contributed by atoms with van der Waals surface area (Å²) in [5.74, 6) is 1.40. The Balaban J connectivity index is 1.18.